The molecule has 0 unspecified atom stereocenters. The lowest BCUT2D eigenvalue weighted by molar-refractivity contribution is 0.0690. The molecule has 0 atom stereocenters. The number of nitrogens with one attached hydrogen (secondary N) is 1. The molecular weight excluding hydrogens is 210 g/mol. The van der Waals surface area contributed by atoms with Crippen LogP contribution < -0.4 is 5.32 Å². The van der Waals surface area contributed by atoms with Gasteiger partial charge in [-0.1, -0.05) is 0 Å². The zero-order chi connectivity index (χ0) is 11.8. The topological polar surface area (TPSA) is 84.3 Å². The highest BCUT2D eigenvalue weighted by atomic mass is 16.5. The van der Waals surface area contributed by atoms with Crippen molar-refractivity contribution in [3.05, 3.63) is 18.1 Å². The van der Waals surface area contributed by atoms with Crippen LogP contribution in [0.15, 0.2) is 12.4 Å². The van der Waals surface area contributed by atoms with Crippen LogP contribution >= 0.6 is 0 Å². The van der Waals surface area contributed by atoms with Crippen molar-refractivity contribution < 1.29 is 14.6 Å². The molecule has 2 N–H and O–H groups in total. The molecule has 16 heavy (non-hydrogen) atoms. The van der Waals surface area contributed by atoms with Gasteiger partial charge in [-0.15, -0.1) is 0 Å². The summed E-state index contributed by atoms with van der Waals surface area (Å²) in [6.07, 6.45) is 4.60. The molecule has 0 aliphatic carbocycles. The first-order valence-electron chi connectivity index (χ1n) is 5.02. The minimum atomic E-state index is -1.07. The largest absolute Gasteiger partial charge is 0.476 e. The van der Waals surface area contributed by atoms with E-state index >= 15 is 0 Å². The summed E-state index contributed by atoms with van der Waals surface area (Å²) in [6, 6.07) is 0. The maximum Gasteiger partial charge on any atom is 0.356 e. The van der Waals surface area contributed by atoms with Gasteiger partial charge < -0.3 is 15.2 Å². The lowest BCUT2D eigenvalue weighted by atomic mass is 10.3. The molecule has 0 radical (unpaired) electrons. The number of hydrogen-bond donors (Lipinski definition) is 2. The van der Waals surface area contributed by atoms with Crippen LogP contribution in [-0.4, -0.2) is 41.3 Å². The number of ether oxygens (including phenoxy) is 1. The number of nitrogens with zero attached hydrogens (tertiary/aromatic N) is 2. The third-order valence-electron chi connectivity index (χ3n) is 1.95. The Morgan fingerprint density at radius 2 is 2.25 bits per heavy atom. The lowest BCUT2D eigenvalue weighted by Gasteiger charge is -2.04. The Morgan fingerprint density at radius 3 is 2.81 bits per heavy atom. The van der Waals surface area contributed by atoms with E-state index in [-0.39, 0.29) is 5.69 Å². The van der Waals surface area contributed by atoms with Gasteiger partial charge in [0.1, 0.15) is 5.82 Å². The Morgan fingerprint density at radius 1 is 1.44 bits per heavy atom. The number of anilines is 1. The van der Waals surface area contributed by atoms with Crippen LogP contribution in [0, 0.1) is 0 Å². The average Bonchev–Trinajstić information content (AvgIpc) is 2.29. The number of carbonyl (C=O) groups is 1. The highest BCUT2D eigenvalue weighted by Gasteiger charge is 2.03. The SMILES string of the molecule is COCCCCNc1cnc(C(=O)O)cn1. The van der Waals surface area contributed by atoms with E-state index in [2.05, 4.69) is 15.3 Å². The minimum absolute atomic E-state index is 0.0510. The molecule has 88 valence electrons. The van der Waals surface area contributed by atoms with Crippen molar-refractivity contribution in [2.75, 3.05) is 25.6 Å². The van der Waals surface area contributed by atoms with E-state index in [4.69, 9.17) is 9.84 Å². The summed E-state index contributed by atoms with van der Waals surface area (Å²) in [6.45, 7) is 1.51. The van der Waals surface area contributed by atoms with Gasteiger partial charge in [0.05, 0.1) is 12.4 Å². The number of carboxylic acid groups (broad SMARTS) is 1. The maximum absolute atomic E-state index is 10.5. The Kier molecular flexibility index (Phi) is 5.21. The van der Waals surface area contributed by atoms with Crippen molar-refractivity contribution in [1.82, 2.24) is 9.97 Å². The normalized spacial score (nSPS) is 10.1. The maximum atomic E-state index is 10.5. The standard InChI is InChI=1S/C10H15N3O3/c1-16-5-3-2-4-11-9-7-12-8(6-13-9)10(14)15/h6-7H,2-5H2,1H3,(H,11,13)(H,14,15). The molecule has 0 aliphatic heterocycles. The van der Waals surface area contributed by atoms with Gasteiger partial charge in [0.25, 0.3) is 0 Å². The van der Waals surface area contributed by atoms with Gasteiger partial charge in [0.15, 0.2) is 5.69 Å². The van der Waals surface area contributed by atoms with Crippen molar-refractivity contribution >= 4 is 11.8 Å². The lowest BCUT2D eigenvalue weighted by Crippen LogP contribution is -2.07. The Hall–Kier alpha value is -1.69. The summed E-state index contributed by atoms with van der Waals surface area (Å²) < 4.78 is 4.92. The number of carboxylic acids is 1. The number of rotatable bonds is 7. The minimum Gasteiger partial charge on any atom is -0.476 e. The van der Waals surface area contributed by atoms with E-state index in [0.29, 0.717) is 5.82 Å². The molecule has 1 aromatic heterocycles. The van der Waals surface area contributed by atoms with Crippen LogP contribution in [0.4, 0.5) is 5.82 Å². The summed E-state index contributed by atoms with van der Waals surface area (Å²) in [5.74, 6) is -0.485. The third kappa shape index (κ3) is 4.22. The molecular formula is C10H15N3O3. The second-order valence-electron chi connectivity index (χ2n) is 3.22. The fraction of sp³-hybridized carbons (Fsp3) is 0.500. The van der Waals surface area contributed by atoms with E-state index in [1.54, 1.807) is 7.11 Å². The second-order valence-corrected chi connectivity index (χ2v) is 3.22. The zero-order valence-corrected chi connectivity index (χ0v) is 9.14. The van der Waals surface area contributed by atoms with Crippen molar-refractivity contribution in [2.24, 2.45) is 0 Å². The predicted octanol–water partition coefficient (Wildman–Crippen LogP) is 1.01. The summed E-state index contributed by atoms with van der Waals surface area (Å²) >= 11 is 0. The number of hydrogen-bond acceptors (Lipinski definition) is 5. The van der Waals surface area contributed by atoms with Gasteiger partial charge in [-0.25, -0.2) is 14.8 Å². The van der Waals surface area contributed by atoms with E-state index in [1.165, 1.54) is 12.4 Å². The Labute approximate surface area is 93.7 Å². The molecule has 0 aliphatic rings. The van der Waals surface area contributed by atoms with Gasteiger partial charge in [-0.3, -0.25) is 0 Å². The van der Waals surface area contributed by atoms with Gasteiger partial charge in [0, 0.05) is 20.3 Å². The first-order valence-corrected chi connectivity index (χ1v) is 5.02. The van der Waals surface area contributed by atoms with Gasteiger partial charge in [0.2, 0.25) is 0 Å². The molecule has 0 saturated heterocycles. The van der Waals surface area contributed by atoms with Crippen LogP contribution in [0.5, 0.6) is 0 Å². The molecule has 0 amide bonds. The van der Waals surface area contributed by atoms with Crippen molar-refractivity contribution in [2.45, 2.75) is 12.8 Å². The molecule has 0 saturated carbocycles. The molecule has 1 rings (SSSR count). The smallest absolute Gasteiger partial charge is 0.356 e. The summed E-state index contributed by atoms with van der Waals surface area (Å²) in [4.78, 5) is 18.2. The number of aromatic nitrogens is 2. The van der Waals surface area contributed by atoms with E-state index in [1.807, 2.05) is 0 Å². The monoisotopic (exact) mass is 225 g/mol. The van der Waals surface area contributed by atoms with Gasteiger partial charge in [-0.05, 0) is 12.8 Å². The van der Waals surface area contributed by atoms with Gasteiger partial charge >= 0.3 is 5.97 Å². The molecule has 0 aromatic carbocycles. The highest BCUT2D eigenvalue weighted by Crippen LogP contribution is 2.01. The van der Waals surface area contributed by atoms with Gasteiger partial charge in [-0.2, -0.15) is 0 Å². The highest BCUT2D eigenvalue weighted by molar-refractivity contribution is 5.84. The molecule has 0 spiro atoms. The molecule has 6 heteroatoms. The van der Waals surface area contributed by atoms with Crippen molar-refractivity contribution in [3.63, 3.8) is 0 Å². The van der Waals surface area contributed by atoms with Crippen LogP contribution in [0.25, 0.3) is 0 Å². The molecule has 0 fully saturated rings. The quantitative estimate of drug-likeness (QED) is 0.674. The average molecular weight is 225 g/mol. The number of unbranched alkanes of at least 4 members (excludes halogenated alkanes) is 1. The van der Waals surface area contributed by atoms with Crippen LogP contribution in [0.2, 0.25) is 0 Å². The molecule has 6 nitrogen and oxygen atoms in total. The Balaban J connectivity index is 2.29. The molecule has 1 heterocycles. The predicted molar refractivity (Wildman–Crippen MR) is 58.6 cm³/mol. The first-order chi connectivity index (χ1) is 7.74. The second kappa shape index (κ2) is 6.73. The Bertz CT molecular complexity index is 327. The van der Waals surface area contributed by atoms with E-state index in [0.717, 1.165) is 26.0 Å². The fourth-order valence-electron chi connectivity index (χ4n) is 1.12. The first kappa shape index (κ1) is 12.4. The van der Waals surface area contributed by atoms with E-state index < -0.39 is 5.97 Å². The van der Waals surface area contributed by atoms with Crippen LogP contribution in [0.1, 0.15) is 23.3 Å². The number of aromatic carboxylic acids is 1. The zero-order valence-electron chi connectivity index (χ0n) is 9.14. The molecule has 0 bridgehead atoms. The number of methoxy groups -OCH3 is 1. The third-order valence-corrected chi connectivity index (χ3v) is 1.95. The van der Waals surface area contributed by atoms with E-state index in [9.17, 15) is 4.79 Å². The summed E-state index contributed by atoms with van der Waals surface area (Å²) in [5, 5.41) is 11.7. The van der Waals surface area contributed by atoms with Crippen LogP contribution in [-0.2, 0) is 4.74 Å². The van der Waals surface area contributed by atoms with Crippen molar-refractivity contribution in [1.29, 1.82) is 0 Å². The summed E-state index contributed by atoms with van der Waals surface area (Å²) in [5.41, 5.74) is -0.0510. The van der Waals surface area contributed by atoms with Crippen molar-refractivity contribution in [3.8, 4) is 0 Å². The fourth-order valence-corrected chi connectivity index (χ4v) is 1.12. The molecule has 1 aromatic rings. The van der Waals surface area contributed by atoms with Crippen LogP contribution in [0.3, 0.4) is 0 Å². The summed E-state index contributed by atoms with van der Waals surface area (Å²) in [7, 11) is 1.67.